The average Bonchev–Trinajstić information content (AvgIpc) is 2.45. The van der Waals surface area contributed by atoms with Crippen molar-refractivity contribution in [2.75, 3.05) is 13.1 Å². The molecule has 0 fully saturated rings. The first kappa shape index (κ1) is 16.5. The van der Waals surface area contributed by atoms with Crippen LogP contribution >= 0.6 is 11.6 Å². The maximum atomic E-state index is 12.8. The number of fused-ring (bicyclic) bond motifs is 1. The average molecular weight is 317 g/mol. The van der Waals surface area contributed by atoms with E-state index in [1.54, 1.807) is 6.07 Å². The summed E-state index contributed by atoms with van der Waals surface area (Å²) in [7, 11) is 0. The molecule has 0 atom stereocenters. The predicted octanol–water partition coefficient (Wildman–Crippen LogP) is 3.97. The van der Waals surface area contributed by atoms with Crippen molar-refractivity contribution in [2.24, 2.45) is 0 Å². The standard InChI is InChI=1S/C18H21ClN2O/c1-5-7-21(8-6-2)11-16-13(4)20-17-12(3)9-14(19)10-15(17)18(16)22/h5-6,9-10H,1-2,7-8,11H2,3-4H3,(H,20,22). The first-order chi connectivity index (χ1) is 10.5. The Balaban J connectivity index is 2.57. The summed E-state index contributed by atoms with van der Waals surface area (Å²) < 4.78 is 0. The van der Waals surface area contributed by atoms with E-state index in [0.29, 0.717) is 30.0 Å². The van der Waals surface area contributed by atoms with Crippen LogP contribution in [0.4, 0.5) is 0 Å². The zero-order valence-electron chi connectivity index (χ0n) is 13.1. The van der Waals surface area contributed by atoms with E-state index in [2.05, 4.69) is 23.0 Å². The summed E-state index contributed by atoms with van der Waals surface area (Å²) in [6, 6.07) is 3.59. The normalized spacial score (nSPS) is 11.1. The molecular formula is C18H21ClN2O. The van der Waals surface area contributed by atoms with E-state index in [1.807, 2.05) is 32.1 Å². The molecule has 1 aromatic carbocycles. The van der Waals surface area contributed by atoms with Crippen LogP contribution in [0.15, 0.2) is 42.2 Å². The Kier molecular flexibility index (Phi) is 5.22. The molecule has 0 aliphatic rings. The highest BCUT2D eigenvalue weighted by molar-refractivity contribution is 6.31. The lowest BCUT2D eigenvalue weighted by atomic mass is 10.1. The molecule has 0 saturated carbocycles. The van der Waals surface area contributed by atoms with Crippen LogP contribution in [0.3, 0.4) is 0 Å². The molecular weight excluding hydrogens is 296 g/mol. The van der Waals surface area contributed by atoms with Crippen LogP contribution in [0.2, 0.25) is 5.02 Å². The van der Waals surface area contributed by atoms with Crippen molar-refractivity contribution in [1.82, 2.24) is 9.88 Å². The molecule has 2 rings (SSSR count). The number of nitrogens with zero attached hydrogens (tertiary/aromatic N) is 1. The van der Waals surface area contributed by atoms with E-state index < -0.39 is 0 Å². The van der Waals surface area contributed by atoms with E-state index >= 15 is 0 Å². The van der Waals surface area contributed by atoms with Gasteiger partial charge in [0, 0.05) is 41.3 Å². The zero-order chi connectivity index (χ0) is 16.3. The minimum Gasteiger partial charge on any atom is -0.358 e. The SMILES string of the molecule is C=CCN(CC=C)Cc1c(C)[nH]c2c(C)cc(Cl)cc2c1=O. The van der Waals surface area contributed by atoms with Gasteiger partial charge in [0.1, 0.15) is 0 Å². The highest BCUT2D eigenvalue weighted by Crippen LogP contribution is 2.21. The predicted molar refractivity (Wildman–Crippen MR) is 94.7 cm³/mol. The molecule has 1 N–H and O–H groups in total. The largest absolute Gasteiger partial charge is 0.358 e. The molecule has 2 aromatic rings. The lowest BCUT2D eigenvalue weighted by molar-refractivity contribution is 0.326. The third-order valence-corrected chi connectivity index (χ3v) is 3.96. The maximum Gasteiger partial charge on any atom is 0.194 e. The van der Waals surface area contributed by atoms with Crippen molar-refractivity contribution in [2.45, 2.75) is 20.4 Å². The summed E-state index contributed by atoms with van der Waals surface area (Å²) in [5.74, 6) is 0. The number of nitrogens with one attached hydrogen (secondary N) is 1. The van der Waals surface area contributed by atoms with Crippen molar-refractivity contribution in [3.05, 3.63) is 69.5 Å². The van der Waals surface area contributed by atoms with Crippen LogP contribution in [0.25, 0.3) is 10.9 Å². The van der Waals surface area contributed by atoms with Gasteiger partial charge in [0.2, 0.25) is 0 Å². The van der Waals surface area contributed by atoms with E-state index in [0.717, 1.165) is 22.3 Å². The van der Waals surface area contributed by atoms with Gasteiger partial charge in [-0.3, -0.25) is 9.69 Å². The molecule has 0 amide bonds. The second-order valence-electron chi connectivity index (χ2n) is 5.47. The molecule has 4 heteroatoms. The molecule has 0 bridgehead atoms. The van der Waals surface area contributed by atoms with Gasteiger partial charge >= 0.3 is 0 Å². The molecule has 0 radical (unpaired) electrons. The maximum absolute atomic E-state index is 12.8. The van der Waals surface area contributed by atoms with Crippen LogP contribution in [0.5, 0.6) is 0 Å². The Morgan fingerprint density at radius 2 is 1.86 bits per heavy atom. The number of hydrogen-bond acceptors (Lipinski definition) is 2. The van der Waals surface area contributed by atoms with Crippen LogP contribution in [-0.4, -0.2) is 23.0 Å². The number of H-pyrrole nitrogens is 1. The van der Waals surface area contributed by atoms with Gasteiger partial charge in [-0.05, 0) is 31.5 Å². The van der Waals surface area contributed by atoms with Crippen LogP contribution < -0.4 is 5.43 Å². The molecule has 3 nitrogen and oxygen atoms in total. The molecule has 0 spiro atoms. The van der Waals surface area contributed by atoms with E-state index in [-0.39, 0.29) is 5.43 Å². The number of aryl methyl sites for hydroxylation is 2. The Hall–Kier alpha value is -1.84. The number of rotatable bonds is 6. The van der Waals surface area contributed by atoms with E-state index in [1.165, 1.54) is 0 Å². The van der Waals surface area contributed by atoms with Crippen molar-refractivity contribution in [1.29, 1.82) is 0 Å². The quantitative estimate of drug-likeness (QED) is 0.818. The summed E-state index contributed by atoms with van der Waals surface area (Å²) in [4.78, 5) is 18.3. The summed E-state index contributed by atoms with van der Waals surface area (Å²) >= 11 is 6.10. The number of halogens is 1. The fourth-order valence-electron chi connectivity index (χ4n) is 2.67. The molecule has 0 aliphatic heterocycles. The van der Waals surface area contributed by atoms with Gasteiger partial charge in [0.25, 0.3) is 0 Å². The molecule has 0 saturated heterocycles. The third kappa shape index (κ3) is 3.32. The lowest BCUT2D eigenvalue weighted by Gasteiger charge is -2.20. The monoisotopic (exact) mass is 316 g/mol. The summed E-state index contributed by atoms with van der Waals surface area (Å²) in [6.07, 6.45) is 3.66. The Bertz CT molecular complexity index is 767. The fraction of sp³-hybridized carbons (Fsp3) is 0.278. The van der Waals surface area contributed by atoms with Gasteiger partial charge in [-0.2, -0.15) is 0 Å². The number of pyridine rings is 1. The van der Waals surface area contributed by atoms with Gasteiger partial charge < -0.3 is 4.98 Å². The van der Waals surface area contributed by atoms with Crippen molar-refractivity contribution < 1.29 is 0 Å². The zero-order valence-corrected chi connectivity index (χ0v) is 13.8. The van der Waals surface area contributed by atoms with Gasteiger partial charge in [-0.15, -0.1) is 13.2 Å². The Morgan fingerprint density at radius 3 is 2.45 bits per heavy atom. The van der Waals surface area contributed by atoms with Crippen molar-refractivity contribution >= 4 is 22.5 Å². The molecule has 1 aromatic heterocycles. The summed E-state index contributed by atoms with van der Waals surface area (Å²) in [5.41, 5.74) is 3.52. The highest BCUT2D eigenvalue weighted by atomic mass is 35.5. The van der Waals surface area contributed by atoms with Crippen molar-refractivity contribution in [3.63, 3.8) is 0 Å². The first-order valence-corrected chi connectivity index (χ1v) is 7.61. The molecule has 0 unspecified atom stereocenters. The molecule has 1 heterocycles. The van der Waals surface area contributed by atoms with Crippen LogP contribution in [0.1, 0.15) is 16.8 Å². The Labute approximate surface area is 135 Å². The first-order valence-electron chi connectivity index (χ1n) is 7.23. The Morgan fingerprint density at radius 1 is 1.23 bits per heavy atom. The van der Waals surface area contributed by atoms with Crippen LogP contribution in [-0.2, 0) is 6.54 Å². The summed E-state index contributed by atoms with van der Waals surface area (Å²) in [6.45, 7) is 13.4. The van der Waals surface area contributed by atoms with Gasteiger partial charge in [-0.25, -0.2) is 0 Å². The molecule has 0 aliphatic carbocycles. The van der Waals surface area contributed by atoms with E-state index in [9.17, 15) is 4.79 Å². The number of benzene rings is 1. The van der Waals surface area contributed by atoms with E-state index in [4.69, 9.17) is 11.6 Å². The molecule has 116 valence electrons. The topological polar surface area (TPSA) is 36.1 Å². The summed E-state index contributed by atoms with van der Waals surface area (Å²) in [5, 5.41) is 1.22. The minimum atomic E-state index is 0.0370. The second kappa shape index (κ2) is 6.95. The molecule has 22 heavy (non-hydrogen) atoms. The van der Waals surface area contributed by atoms with Gasteiger partial charge in [0.05, 0.1) is 5.52 Å². The lowest BCUT2D eigenvalue weighted by Crippen LogP contribution is -2.28. The van der Waals surface area contributed by atoms with Crippen LogP contribution in [0, 0.1) is 13.8 Å². The minimum absolute atomic E-state index is 0.0370. The second-order valence-corrected chi connectivity index (χ2v) is 5.91. The van der Waals surface area contributed by atoms with Gasteiger partial charge in [0.15, 0.2) is 5.43 Å². The number of aromatic amines is 1. The fourth-order valence-corrected chi connectivity index (χ4v) is 2.94. The van der Waals surface area contributed by atoms with Crippen molar-refractivity contribution in [3.8, 4) is 0 Å². The van der Waals surface area contributed by atoms with Gasteiger partial charge in [-0.1, -0.05) is 23.8 Å². The highest BCUT2D eigenvalue weighted by Gasteiger charge is 2.14. The third-order valence-electron chi connectivity index (χ3n) is 3.74. The smallest absolute Gasteiger partial charge is 0.194 e. The number of hydrogen-bond donors (Lipinski definition) is 1. The number of aromatic nitrogens is 1.